The highest BCUT2D eigenvalue weighted by Crippen LogP contribution is 2.26. The summed E-state index contributed by atoms with van der Waals surface area (Å²) in [5.74, 6) is 0.550. The Labute approximate surface area is 159 Å². The van der Waals surface area contributed by atoms with Crippen LogP contribution >= 0.6 is 0 Å². The Balaban J connectivity index is 1.95. The number of hydrogen-bond acceptors (Lipinski definition) is 5. The molecule has 0 atom stereocenters. The lowest BCUT2D eigenvalue weighted by Gasteiger charge is -2.08. The lowest BCUT2D eigenvalue weighted by atomic mass is 10.2. The minimum atomic E-state index is -3.75. The SMILES string of the molecule is COc1ccc(S(=O)(=O)c2ccc(S(=O)(=O)c3ccc(C)cc3)cc2)cc1. The Kier molecular flexibility index (Phi) is 5.08. The molecule has 27 heavy (non-hydrogen) atoms. The number of aryl methyl sites for hydroxylation is 1. The molecular formula is C20H18O5S2. The Morgan fingerprint density at radius 2 is 0.852 bits per heavy atom. The van der Waals surface area contributed by atoms with Gasteiger partial charge in [-0.2, -0.15) is 0 Å². The van der Waals surface area contributed by atoms with E-state index in [2.05, 4.69) is 0 Å². The maximum absolute atomic E-state index is 12.7. The lowest BCUT2D eigenvalue weighted by Crippen LogP contribution is -2.05. The summed E-state index contributed by atoms with van der Waals surface area (Å²) in [4.78, 5) is 0.340. The molecule has 3 aromatic rings. The smallest absolute Gasteiger partial charge is 0.206 e. The number of ether oxygens (including phenoxy) is 1. The average Bonchev–Trinajstić information content (AvgIpc) is 2.68. The zero-order valence-electron chi connectivity index (χ0n) is 14.8. The van der Waals surface area contributed by atoms with E-state index in [0.29, 0.717) is 5.75 Å². The predicted octanol–water partition coefficient (Wildman–Crippen LogP) is 3.67. The van der Waals surface area contributed by atoms with Crippen LogP contribution in [0.25, 0.3) is 0 Å². The monoisotopic (exact) mass is 402 g/mol. The molecule has 3 rings (SSSR count). The molecule has 0 aliphatic carbocycles. The van der Waals surface area contributed by atoms with Crippen molar-refractivity contribution in [3.8, 4) is 5.75 Å². The molecule has 0 aliphatic heterocycles. The van der Waals surface area contributed by atoms with Crippen molar-refractivity contribution in [2.45, 2.75) is 26.5 Å². The van der Waals surface area contributed by atoms with E-state index < -0.39 is 19.7 Å². The minimum Gasteiger partial charge on any atom is -0.497 e. The second-order valence-electron chi connectivity index (χ2n) is 5.97. The molecular weight excluding hydrogens is 384 g/mol. The summed E-state index contributed by atoms with van der Waals surface area (Å²) in [6, 6.07) is 17.8. The van der Waals surface area contributed by atoms with Crippen LogP contribution in [0.3, 0.4) is 0 Å². The third kappa shape index (κ3) is 3.74. The molecule has 140 valence electrons. The molecule has 5 nitrogen and oxygen atoms in total. The second kappa shape index (κ2) is 7.17. The first-order valence-electron chi connectivity index (χ1n) is 8.06. The molecule has 3 aromatic carbocycles. The summed E-state index contributed by atoms with van der Waals surface area (Å²) >= 11 is 0. The third-order valence-electron chi connectivity index (χ3n) is 4.15. The molecule has 0 bridgehead atoms. The maximum Gasteiger partial charge on any atom is 0.206 e. The zero-order valence-corrected chi connectivity index (χ0v) is 16.4. The molecule has 0 spiro atoms. The van der Waals surface area contributed by atoms with Crippen LogP contribution in [0.5, 0.6) is 5.75 Å². The molecule has 0 saturated carbocycles. The summed E-state index contributed by atoms with van der Waals surface area (Å²) < 4.78 is 55.8. The van der Waals surface area contributed by atoms with E-state index >= 15 is 0 Å². The van der Waals surface area contributed by atoms with Crippen LogP contribution < -0.4 is 4.74 Å². The van der Waals surface area contributed by atoms with Gasteiger partial charge in [-0.05, 0) is 67.6 Å². The van der Waals surface area contributed by atoms with Crippen molar-refractivity contribution in [1.29, 1.82) is 0 Å². The molecule has 0 heterocycles. The van der Waals surface area contributed by atoms with Gasteiger partial charge in [-0.3, -0.25) is 0 Å². The van der Waals surface area contributed by atoms with E-state index in [4.69, 9.17) is 4.74 Å². The fourth-order valence-electron chi connectivity index (χ4n) is 2.54. The second-order valence-corrected chi connectivity index (χ2v) is 9.87. The number of sulfone groups is 2. The molecule has 0 amide bonds. The predicted molar refractivity (Wildman–Crippen MR) is 102 cm³/mol. The molecule has 7 heteroatoms. The molecule has 0 aromatic heterocycles. The van der Waals surface area contributed by atoms with Gasteiger partial charge >= 0.3 is 0 Å². The third-order valence-corrected chi connectivity index (χ3v) is 7.72. The summed E-state index contributed by atoms with van der Waals surface area (Å²) in [6.45, 7) is 1.87. The summed E-state index contributed by atoms with van der Waals surface area (Å²) in [7, 11) is -5.95. The standard InChI is InChI=1S/C20H18O5S2/c1-15-3-7-17(8-4-15)26(21,22)19-11-13-20(14-12-19)27(23,24)18-9-5-16(25-2)6-10-18/h3-14H,1-2H3. The van der Waals surface area contributed by atoms with E-state index in [1.807, 2.05) is 6.92 Å². The summed E-state index contributed by atoms with van der Waals surface area (Å²) in [6.07, 6.45) is 0. The van der Waals surface area contributed by atoms with Gasteiger partial charge in [0.05, 0.1) is 26.7 Å². The normalized spacial score (nSPS) is 11.9. The van der Waals surface area contributed by atoms with Crippen LogP contribution in [0.15, 0.2) is 92.4 Å². The Hall–Kier alpha value is -2.64. The van der Waals surface area contributed by atoms with Crippen LogP contribution in [0.1, 0.15) is 5.56 Å². The number of hydrogen-bond donors (Lipinski definition) is 0. The summed E-state index contributed by atoms with van der Waals surface area (Å²) in [5, 5.41) is 0. The summed E-state index contributed by atoms with van der Waals surface area (Å²) in [5.41, 5.74) is 0.954. The average molecular weight is 402 g/mol. The molecule has 0 N–H and O–H groups in total. The fourth-order valence-corrected chi connectivity index (χ4v) is 5.06. The van der Waals surface area contributed by atoms with Crippen LogP contribution in [-0.4, -0.2) is 23.9 Å². The topological polar surface area (TPSA) is 77.5 Å². The van der Waals surface area contributed by atoms with Gasteiger partial charge in [0, 0.05) is 0 Å². The van der Waals surface area contributed by atoms with Crippen LogP contribution in [0.4, 0.5) is 0 Å². The highest BCUT2D eigenvalue weighted by molar-refractivity contribution is 7.92. The fraction of sp³-hybridized carbons (Fsp3) is 0.100. The highest BCUT2D eigenvalue weighted by Gasteiger charge is 2.21. The Morgan fingerprint density at radius 1 is 0.556 bits per heavy atom. The maximum atomic E-state index is 12.7. The molecule has 0 radical (unpaired) electrons. The Morgan fingerprint density at radius 3 is 1.19 bits per heavy atom. The van der Waals surface area contributed by atoms with Gasteiger partial charge in [0.2, 0.25) is 19.7 Å². The number of benzene rings is 3. The van der Waals surface area contributed by atoms with E-state index in [0.717, 1.165) is 5.56 Å². The molecule has 0 fully saturated rings. The quantitative estimate of drug-likeness (QED) is 0.651. The largest absolute Gasteiger partial charge is 0.497 e. The molecule has 0 aliphatic rings. The first-order chi connectivity index (χ1) is 12.7. The van der Waals surface area contributed by atoms with E-state index in [1.54, 1.807) is 24.3 Å². The number of methoxy groups -OCH3 is 1. The van der Waals surface area contributed by atoms with Crippen LogP contribution in [-0.2, 0) is 19.7 Å². The van der Waals surface area contributed by atoms with Crippen molar-refractivity contribution in [2.24, 2.45) is 0 Å². The highest BCUT2D eigenvalue weighted by atomic mass is 32.2. The van der Waals surface area contributed by atoms with Gasteiger partial charge in [-0.25, -0.2) is 16.8 Å². The number of rotatable bonds is 5. The van der Waals surface area contributed by atoms with Crippen molar-refractivity contribution in [3.63, 3.8) is 0 Å². The Bertz CT molecular complexity index is 1140. The van der Waals surface area contributed by atoms with Crippen LogP contribution in [0, 0.1) is 6.92 Å². The van der Waals surface area contributed by atoms with E-state index in [1.165, 1.54) is 55.6 Å². The van der Waals surface area contributed by atoms with Crippen molar-refractivity contribution in [3.05, 3.63) is 78.4 Å². The van der Waals surface area contributed by atoms with Gasteiger partial charge in [0.25, 0.3) is 0 Å². The van der Waals surface area contributed by atoms with Crippen molar-refractivity contribution in [2.75, 3.05) is 7.11 Å². The van der Waals surface area contributed by atoms with Gasteiger partial charge in [-0.15, -0.1) is 0 Å². The van der Waals surface area contributed by atoms with E-state index in [9.17, 15) is 16.8 Å². The first-order valence-corrected chi connectivity index (χ1v) is 11.0. The van der Waals surface area contributed by atoms with Crippen LogP contribution in [0.2, 0.25) is 0 Å². The van der Waals surface area contributed by atoms with Gasteiger partial charge < -0.3 is 4.74 Å². The zero-order chi connectivity index (χ0) is 19.7. The van der Waals surface area contributed by atoms with Gasteiger partial charge in [-0.1, -0.05) is 17.7 Å². The molecule has 0 saturated heterocycles. The van der Waals surface area contributed by atoms with Gasteiger partial charge in [0.15, 0.2) is 0 Å². The van der Waals surface area contributed by atoms with Crippen molar-refractivity contribution >= 4 is 19.7 Å². The van der Waals surface area contributed by atoms with Crippen molar-refractivity contribution in [1.82, 2.24) is 0 Å². The first kappa shape index (κ1) is 19.1. The van der Waals surface area contributed by atoms with Crippen molar-refractivity contribution < 1.29 is 21.6 Å². The van der Waals surface area contributed by atoms with E-state index in [-0.39, 0.29) is 19.6 Å². The van der Waals surface area contributed by atoms with Gasteiger partial charge in [0.1, 0.15) is 5.75 Å². The molecule has 0 unspecified atom stereocenters. The minimum absolute atomic E-state index is 0.0236. The lowest BCUT2D eigenvalue weighted by molar-refractivity contribution is 0.414.